The Kier molecular flexibility index (Phi) is 7.24. The molecule has 1 aliphatic carbocycles. The summed E-state index contributed by atoms with van der Waals surface area (Å²) in [4.78, 5) is 29.0. The molecule has 5 rings (SSSR count). The Bertz CT molecular complexity index is 1230. The number of hydrogen-bond acceptors (Lipinski definition) is 8. The molecule has 0 atom stereocenters. The third-order valence-corrected chi connectivity index (χ3v) is 7.05. The molecule has 36 heavy (non-hydrogen) atoms. The van der Waals surface area contributed by atoms with Gasteiger partial charge in [0.25, 0.3) is 5.91 Å². The third-order valence-electron chi connectivity index (χ3n) is 6.76. The van der Waals surface area contributed by atoms with E-state index >= 15 is 0 Å². The highest BCUT2D eigenvalue weighted by Gasteiger charge is 2.25. The topological polar surface area (TPSA) is 117 Å². The van der Waals surface area contributed by atoms with Crippen molar-refractivity contribution in [3.05, 3.63) is 58.8 Å². The predicted octanol–water partition coefficient (Wildman–Crippen LogP) is 3.00. The number of amides is 1. The van der Waals surface area contributed by atoms with E-state index in [9.17, 15) is 9.90 Å². The summed E-state index contributed by atoms with van der Waals surface area (Å²) >= 11 is 6.30. The van der Waals surface area contributed by atoms with Gasteiger partial charge >= 0.3 is 0 Å². The number of anilines is 2. The van der Waals surface area contributed by atoms with Crippen LogP contribution in [0.4, 0.5) is 11.8 Å². The van der Waals surface area contributed by atoms with Gasteiger partial charge in [-0.1, -0.05) is 17.7 Å². The second-order valence-electron chi connectivity index (χ2n) is 9.19. The van der Waals surface area contributed by atoms with E-state index in [0.717, 1.165) is 37.3 Å². The SMILES string of the molecule is COc1ccc(CNc2nc(N3CCn4ccnc4C3)ncc2C(=O)NC2CCC(O)CC2)cc1Cl. The van der Waals surface area contributed by atoms with E-state index in [2.05, 4.69) is 30.1 Å². The van der Waals surface area contributed by atoms with Gasteiger partial charge in [-0.25, -0.2) is 9.97 Å². The molecule has 0 bridgehead atoms. The number of imidazole rings is 1. The minimum atomic E-state index is -0.283. The summed E-state index contributed by atoms with van der Waals surface area (Å²) in [6.45, 7) is 2.55. The lowest BCUT2D eigenvalue weighted by Crippen LogP contribution is -2.39. The normalized spacial score (nSPS) is 19.5. The van der Waals surface area contributed by atoms with Crippen molar-refractivity contribution in [1.82, 2.24) is 24.8 Å². The van der Waals surface area contributed by atoms with Crippen molar-refractivity contribution in [2.75, 3.05) is 23.9 Å². The molecule has 2 aromatic heterocycles. The molecule has 0 spiro atoms. The van der Waals surface area contributed by atoms with Gasteiger partial charge < -0.3 is 29.9 Å². The summed E-state index contributed by atoms with van der Waals surface area (Å²) in [6, 6.07) is 5.57. The van der Waals surface area contributed by atoms with Crippen molar-refractivity contribution >= 4 is 29.3 Å². The van der Waals surface area contributed by atoms with Crippen molar-refractivity contribution in [2.24, 2.45) is 0 Å². The van der Waals surface area contributed by atoms with E-state index in [1.165, 1.54) is 0 Å². The fourth-order valence-electron chi connectivity index (χ4n) is 4.66. The second-order valence-corrected chi connectivity index (χ2v) is 9.60. The lowest BCUT2D eigenvalue weighted by molar-refractivity contribution is 0.0867. The summed E-state index contributed by atoms with van der Waals surface area (Å²) in [5.41, 5.74) is 1.30. The first-order valence-electron chi connectivity index (χ1n) is 12.2. The van der Waals surface area contributed by atoms with Crippen LogP contribution in [-0.4, -0.2) is 56.3 Å². The number of aliphatic hydroxyl groups is 1. The molecule has 3 aromatic rings. The van der Waals surface area contributed by atoms with Crippen molar-refractivity contribution in [1.29, 1.82) is 0 Å². The average molecular weight is 512 g/mol. The molecule has 1 aromatic carbocycles. The van der Waals surface area contributed by atoms with Gasteiger partial charge in [0, 0.05) is 44.3 Å². The number of carbonyl (C=O) groups is 1. The number of carbonyl (C=O) groups excluding carboxylic acids is 1. The van der Waals surface area contributed by atoms with Gasteiger partial charge in [0.1, 0.15) is 23.0 Å². The number of hydrogen-bond donors (Lipinski definition) is 3. The van der Waals surface area contributed by atoms with Gasteiger partial charge in [-0.15, -0.1) is 0 Å². The molecule has 1 aliphatic heterocycles. The first-order valence-corrected chi connectivity index (χ1v) is 12.5. The van der Waals surface area contributed by atoms with Gasteiger partial charge in [0.15, 0.2) is 0 Å². The quantitative estimate of drug-likeness (QED) is 0.443. The van der Waals surface area contributed by atoms with Crippen LogP contribution in [0.3, 0.4) is 0 Å². The minimum Gasteiger partial charge on any atom is -0.495 e. The highest BCUT2D eigenvalue weighted by Crippen LogP contribution is 2.26. The third kappa shape index (κ3) is 5.39. The lowest BCUT2D eigenvalue weighted by Gasteiger charge is -2.28. The number of nitrogens with one attached hydrogen (secondary N) is 2. The summed E-state index contributed by atoms with van der Waals surface area (Å²) < 4.78 is 7.36. The number of nitrogens with zero attached hydrogens (tertiary/aromatic N) is 5. The van der Waals surface area contributed by atoms with Gasteiger partial charge in [0.2, 0.25) is 5.95 Å². The van der Waals surface area contributed by atoms with E-state index in [4.69, 9.17) is 21.3 Å². The maximum absolute atomic E-state index is 13.2. The maximum atomic E-state index is 13.2. The Hall–Kier alpha value is -3.37. The number of methoxy groups -OCH3 is 1. The molecule has 2 aliphatic rings. The first-order chi connectivity index (χ1) is 17.5. The molecule has 1 saturated carbocycles. The highest BCUT2D eigenvalue weighted by molar-refractivity contribution is 6.32. The number of ether oxygens (including phenoxy) is 1. The van der Waals surface area contributed by atoms with Gasteiger partial charge in [0.05, 0.1) is 24.8 Å². The number of halogens is 1. The van der Waals surface area contributed by atoms with Crippen molar-refractivity contribution < 1.29 is 14.6 Å². The number of fused-ring (bicyclic) bond motifs is 1. The van der Waals surface area contributed by atoms with Crippen LogP contribution in [0.2, 0.25) is 5.02 Å². The van der Waals surface area contributed by atoms with Gasteiger partial charge in [-0.05, 0) is 43.4 Å². The summed E-state index contributed by atoms with van der Waals surface area (Å²) in [6.07, 6.45) is 7.94. The molecule has 3 heterocycles. The fourth-order valence-corrected chi connectivity index (χ4v) is 4.94. The van der Waals surface area contributed by atoms with Crippen molar-refractivity contribution in [3.63, 3.8) is 0 Å². The number of aliphatic hydroxyl groups excluding tert-OH is 1. The van der Waals surface area contributed by atoms with Crippen molar-refractivity contribution in [2.45, 2.75) is 57.5 Å². The van der Waals surface area contributed by atoms with E-state index < -0.39 is 0 Å². The van der Waals surface area contributed by atoms with Gasteiger partial charge in [-0.3, -0.25) is 4.79 Å². The molecule has 0 saturated heterocycles. The summed E-state index contributed by atoms with van der Waals surface area (Å²) in [7, 11) is 1.58. The van der Waals surface area contributed by atoms with Crippen LogP contribution in [0, 0.1) is 0 Å². The monoisotopic (exact) mass is 511 g/mol. The zero-order chi connectivity index (χ0) is 25.1. The highest BCUT2D eigenvalue weighted by atomic mass is 35.5. The van der Waals surface area contributed by atoms with Crippen molar-refractivity contribution in [3.8, 4) is 5.75 Å². The maximum Gasteiger partial charge on any atom is 0.256 e. The molecule has 11 heteroatoms. The number of benzene rings is 1. The van der Waals surface area contributed by atoms with E-state index in [-0.39, 0.29) is 18.1 Å². The van der Waals surface area contributed by atoms with Crippen LogP contribution < -0.4 is 20.3 Å². The molecule has 0 radical (unpaired) electrons. The number of aromatic nitrogens is 4. The van der Waals surface area contributed by atoms with Crippen LogP contribution >= 0.6 is 11.6 Å². The molecule has 1 fully saturated rings. The number of rotatable bonds is 7. The van der Waals surface area contributed by atoms with E-state index in [1.54, 1.807) is 19.5 Å². The summed E-state index contributed by atoms with van der Waals surface area (Å²) in [5.74, 6) is 2.32. The van der Waals surface area contributed by atoms with Crippen LogP contribution in [0.15, 0.2) is 36.8 Å². The van der Waals surface area contributed by atoms with Gasteiger partial charge in [-0.2, -0.15) is 4.98 Å². The lowest BCUT2D eigenvalue weighted by atomic mass is 9.93. The Labute approximate surface area is 214 Å². The Morgan fingerprint density at radius 2 is 2.06 bits per heavy atom. The molecule has 0 unspecified atom stereocenters. The zero-order valence-corrected chi connectivity index (χ0v) is 20.9. The van der Waals surface area contributed by atoms with Crippen LogP contribution in [-0.2, 0) is 19.6 Å². The average Bonchev–Trinajstić information content (AvgIpc) is 3.37. The van der Waals surface area contributed by atoms with E-state index in [1.807, 2.05) is 24.4 Å². The predicted molar refractivity (Wildman–Crippen MR) is 136 cm³/mol. The minimum absolute atomic E-state index is 0.0229. The second kappa shape index (κ2) is 10.7. The van der Waals surface area contributed by atoms with Crippen LogP contribution in [0.1, 0.15) is 47.4 Å². The molecule has 3 N–H and O–H groups in total. The smallest absolute Gasteiger partial charge is 0.256 e. The Balaban J connectivity index is 1.37. The molecular formula is C25H30ClN7O3. The fraction of sp³-hybridized carbons (Fsp3) is 0.440. The van der Waals surface area contributed by atoms with E-state index in [0.29, 0.717) is 54.0 Å². The molecular weight excluding hydrogens is 482 g/mol. The Morgan fingerprint density at radius 1 is 1.22 bits per heavy atom. The van der Waals surface area contributed by atoms with Crippen LogP contribution in [0.25, 0.3) is 0 Å². The first kappa shape index (κ1) is 24.3. The molecule has 1 amide bonds. The standard InChI is InChI=1S/C25H30ClN7O3/c1-36-21-7-2-16(12-20(21)26)13-28-23-19(24(35)30-17-3-5-18(34)6-4-17)14-29-25(31-23)33-11-10-32-9-8-27-22(32)15-33/h2,7-9,12,14,17-18,34H,3-6,10-11,13,15H2,1H3,(H,30,35)(H,28,29,31). The molecule has 10 nitrogen and oxygen atoms in total. The Morgan fingerprint density at radius 3 is 2.83 bits per heavy atom. The van der Waals surface area contributed by atoms with Crippen LogP contribution in [0.5, 0.6) is 5.75 Å². The zero-order valence-electron chi connectivity index (χ0n) is 20.2. The summed E-state index contributed by atoms with van der Waals surface area (Å²) in [5, 5.41) is 16.7. The molecule has 190 valence electrons. The largest absolute Gasteiger partial charge is 0.495 e.